The van der Waals surface area contributed by atoms with Crippen molar-refractivity contribution in [3.8, 4) is 0 Å². The number of fused-ring (bicyclic) bond motifs is 5. The molecule has 0 heterocycles. The fourth-order valence-corrected chi connectivity index (χ4v) is 8.80. The summed E-state index contributed by atoms with van der Waals surface area (Å²) in [6, 6.07) is 0. The Labute approximate surface area is 183 Å². The Morgan fingerprint density at radius 2 is 1.73 bits per heavy atom. The molecule has 0 saturated heterocycles. The molecule has 0 bridgehead atoms. The van der Waals surface area contributed by atoms with Crippen LogP contribution in [0.5, 0.6) is 0 Å². The van der Waals surface area contributed by atoms with Crippen molar-refractivity contribution in [3.63, 3.8) is 0 Å². The van der Waals surface area contributed by atoms with E-state index in [4.69, 9.17) is 5.11 Å². The second-order valence-corrected chi connectivity index (χ2v) is 11.8. The third-order valence-corrected chi connectivity index (χ3v) is 10.6. The Bertz CT molecular complexity index is 663. The van der Waals surface area contributed by atoms with Crippen LogP contribution in [0.3, 0.4) is 0 Å². The first-order valence-corrected chi connectivity index (χ1v) is 12.7. The third kappa shape index (κ3) is 3.81. The smallest absolute Gasteiger partial charge is 0.322 e. The first kappa shape index (κ1) is 22.1. The number of nitrogens with one attached hydrogen (secondary N) is 1. The number of carbonyl (C=O) groups excluding carboxylic acids is 1. The molecular formula is C26H43NO3. The van der Waals surface area contributed by atoms with E-state index in [1.807, 2.05) is 6.92 Å². The second kappa shape index (κ2) is 8.47. The number of carboxylic acids is 1. The maximum absolute atomic E-state index is 12.2. The van der Waals surface area contributed by atoms with E-state index >= 15 is 0 Å². The lowest BCUT2D eigenvalue weighted by molar-refractivity contribution is -0.138. The summed E-state index contributed by atoms with van der Waals surface area (Å²) in [5.41, 5.74) is 1.06. The fraction of sp³-hybridized carbons (Fsp3) is 0.923. The Morgan fingerprint density at radius 1 is 0.967 bits per heavy atom. The third-order valence-electron chi connectivity index (χ3n) is 10.6. The SMILES string of the molecule is CC(CCC1CCC2C3CCC4CCCCC4(C)C3CCC12C)C(=O)NCC(=O)O. The summed E-state index contributed by atoms with van der Waals surface area (Å²) in [6.45, 7) is 6.92. The number of rotatable bonds is 6. The van der Waals surface area contributed by atoms with Gasteiger partial charge >= 0.3 is 5.97 Å². The normalized spacial score (nSPS) is 43.8. The summed E-state index contributed by atoms with van der Waals surface area (Å²) in [4.78, 5) is 22.9. The van der Waals surface area contributed by atoms with Crippen molar-refractivity contribution in [2.45, 2.75) is 97.8 Å². The topological polar surface area (TPSA) is 66.4 Å². The van der Waals surface area contributed by atoms with E-state index in [1.54, 1.807) is 0 Å². The molecule has 2 N–H and O–H groups in total. The summed E-state index contributed by atoms with van der Waals surface area (Å²) in [6.07, 6.45) is 16.3. The van der Waals surface area contributed by atoms with E-state index in [1.165, 1.54) is 64.2 Å². The molecule has 4 aliphatic carbocycles. The Hall–Kier alpha value is -1.06. The van der Waals surface area contributed by atoms with E-state index < -0.39 is 5.97 Å². The Morgan fingerprint density at radius 3 is 2.50 bits per heavy atom. The van der Waals surface area contributed by atoms with Gasteiger partial charge in [-0.05, 0) is 105 Å². The van der Waals surface area contributed by atoms with E-state index in [-0.39, 0.29) is 18.4 Å². The van der Waals surface area contributed by atoms with Crippen LogP contribution in [0.1, 0.15) is 97.8 Å². The lowest BCUT2D eigenvalue weighted by Gasteiger charge is -2.60. The summed E-state index contributed by atoms with van der Waals surface area (Å²) in [7, 11) is 0. The molecule has 4 nitrogen and oxygen atoms in total. The molecule has 0 radical (unpaired) electrons. The molecule has 4 fully saturated rings. The number of hydrogen-bond acceptors (Lipinski definition) is 2. The van der Waals surface area contributed by atoms with Crippen molar-refractivity contribution in [1.29, 1.82) is 0 Å². The van der Waals surface area contributed by atoms with Gasteiger partial charge in [-0.3, -0.25) is 9.59 Å². The van der Waals surface area contributed by atoms with Gasteiger partial charge in [0, 0.05) is 5.92 Å². The standard InChI is InChI=1S/C26H43NO3/c1-17(24(30)27-16-23(28)29)7-8-19-10-12-21-20-11-9-18-6-4-5-14-25(18,2)22(20)13-15-26(19,21)3/h17-22H,4-16H2,1-3H3,(H,27,30)(H,28,29). The van der Waals surface area contributed by atoms with Crippen LogP contribution in [0.4, 0.5) is 0 Å². The minimum absolute atomic E-state index is 0.0973. The van der Waals surface area contributed by atoms with Crippen LogP contribution in [0, 0.1) is 46.3 Å². The highest BCUT2D eigenvalue weighted by Crippen LogP contribution is 2.67. The van der Waals surface area contributed by atoms with Crippen molar-refractivity contribution in [3.05, 3.63) is 0 Å². The molecule has 30 heavy (non-hydrogen) atoms. The van der Waals surface area contributed by atoms with Gasteiger partial charge in [-0.25, -0.2) is 0 Å². The molecule has 4 aliphatic rings. The largest absolute Gasteiger partial charge is 0.480 e. The zero-order valence-corrected chi connectivity index (χ0v) is 19.4. The quantitative estimate of drug-likeness (QED) is 0.586. The average Bonchev–Trinajstić information content (AvgIpc) is 3.06. The van der Waals surface area contributed by atoms with Crippen LogP contribution in [0.2, 0.25) is 0 Å². The van der Waals surface area contributed by atoms with Crippen LogP contribution in [0.25, 0.3) is 0 Å². The molecule has 0 aliphatic heterocycles. The molecule has 8 unspecified atom stereocenters. The summed E-state index contributed by atoms with van der Waals surface area (Å²) >= 11 is 0. The van der Waals surface area contributed by atoms with Gasteiger partial charge in [-0.1, -0.05) is 33.6 Å². The lowest BCUT2D eigenvalue weighted by atomic mass is 9.45. The monoisotopic (exact) mass is 417 g/mol. The van der Waals surface area contributed by atoms with E-state index in [0.717, 1.165) is 42.4 Å². The number of carboxylic acid groups (broad SMARTS) is 1. The predicted octanol–water partition coefficient (Wildman–Crippen LogP) is 5.65. The number of aliphatic carboxylic acids is 1. The van der Waals surface area contributed by atoms with E-state index in [9.17, 15) is 9.59 Å². The number of amides is 1. The van der Waals surface area contributed by atoms with Crippen molar-refractivity contribution >= 4 is 11.9 Å². The van der Waals surface area contributed by atoms with Crippen LogP contribution >= 0.6 is 0 Å². The van der Waals surface area contributed by atoms with Crippen LogP contribution in [-0.4, -0.2) is 23.5 Å². The summed E-state index contributed by atoms with van der Waals surface area (Å²) in [5.74, 6) is 3.31. The molecule has 170 valence electrons. The first-order chi connectivity index (χ1) is 14.3. The number of hydrogen-bond donors (Lipinski definition) is 2. The minimum Gasteiger partial charge on any atom is -0.480 e. The van der Waals surface area contributed by atoms with Crippen molar-refractivity contribution < 1.29 is 14.7 Å². The summed E-state index contributed by atoms with van der Waals surface area (Å²) in [5, 5.41) is 11.3. The van der Waals surface area contributed by atoms with Crippen LogP contribution < -0.4 is 5.32 Å². The van der Waals surface area contributed by atoms with Crippen molar-refractivity contribution in [2.75, 3.05) is 6.54 Å². The molecule has 8 atom stereocenters. The molecule has 4 saturated carbocycles. The average molecular weight is 418 g/mol. The van der Waals surface area contributed by atoms with Gasteiger partial charge in [-0.15, -0.1) is 0 Å². The molecular weight excluding hydrogens is 374 g/mol. The van der Waals surface area contributed by atoms with Gasteiger partial charge in [-0.2, -0.15) is 0 Å². The van der Waals surface area contributed by atoms with Gasteiger partial charge in [0.15, 0.2) is 0 Å². The zero-order valence-electron chi connectivity index (χ0n) is 19.4. The van der Waals surface area contributed by atoms with Gasteiger partial charge in [0.05, 0.1) is 0 Å². The molecule has 0 spiro atoms. The van der Waals surface area contributed by atoms with E-state index in [2.05, 4.69) is 19.2 Å². The minimum atomic E-state index is -0.972. The van der Waals surface area contributed by atoms with Crippen LogP contribution in [-0.2, 0) is 9.59 Å². The highest BCUT2D eigenvalue weighted by Gasteiger charge is 2.59. The molecule has 0 aromatic heterocycles. The highest BCUT2D eigenvalue weighted by atomic mass is 16.4. The maximum Gasteiger partial charge on any atom is 0.322 e. The lowest BCUT2D eigenvalue weighted by Crippen LogP contribution is -2.52. The molecule has 4 rings (SSSR count). The van der Waals surface area contributed by atoms with Gasteiger partial charge < -0.3 is 10.4 Å². The maximum atomic E-state index is 12.2. The van der Waals surface area contributed by atoms with Gasteiger partial charge in [0.2, 0.25) is 5.91 Å². The van der Waals surface area contributed by atoms with Gasteiger partial charge in [0.25, 0.3) is 0 Å². The molecule has 0 aromatic rings. The van der Waals surface area contributed by atoms with E-state index in [0.29, 0.717) is 10.8 Å². The summed E-state index contributed by atoms with van der Waals surface area (Å²) < 4.78 is 0. The first-order valence-electron chi connectivity index (χ1n) is 12.7. The van der Waals surface area contributed by atoms with Crippen molar-refractivity contribution in [2.24, 2.45) is 46.3 Å². The zero-order chi connectivity index (χ0) is 21.5. The number of carbonyl (C=O) groups is 2. The second-order valence-electron chi connectivity index (χ2n) is 11.8. The van der Waals surface area contributed by atoms with Crippen molar-refractivity contribution in [1.82, 2.24) is 5.32 Å². The van der Waals surface area contributed by atoms with Gasteiger partial charge in [0.1, 0.15) is 6.54 Å². The van der Waals surface area contributed by atoms with Crippen LogP contribution in [0.15, 0.2) is 0 Å². The Balaban J connectivity index is 1.38. The molecule has 4 heteroatoms. The molecule has 0 aromatic carbocycles. The predicted molar refractivity (Wildman–Crippen MR) is 119 cm³/mol. The highest BCUT2D eigenvalue weighted by molar-refractivity contribution is 5.82. The Kier molecular flexibility index (Phi) is 6.25. The molecule has 1 amide bonds. The fourth-order valence-electron chi connectivity index (χ4n) is 8.80.